The highest BCUT2D eigenvalue weighted by atomic mass is 32.2. The third kappa shape index (κ3) is 30.6. The summed E-state index contributed by atoms with van der Waals surface area (Å²) in [7, 11) is 0. The minimum Gasteiger partial charge on any atom is -0.394 e. The Balaban J connectivity index is 2.26. The number of amides is 1. The molecule has 0 aromatic heterocycles. The van der Waals surface area contributed by atoms with E-state index < -0.39 is 54.7 Å². The number of rotatable bonds is 44. The summed E-state index contributed by atoms with van der Waals surface area (Å²) in [5, 5.41) is 65.7. The Kier molecular flexibility index (Phi) is 39.6. The van der Waals surface area contributed by atoms with Gasteiger partial charge in [0.15, 0.2) is 0 Å². The normalized spacial score (nSPS) is 21.0. The van der Waals surface area contributed by atoms with Gasteiger partial charge in [-0.15, -0.1) is 11.8 Å². The first-order chi connectivity index (χ1) is 29.3. The molecule has 0 bridgehead atoms. The first-order valence-electron chi connectivity index (χ1n) is 25.8. The van der Waals surface area contributed by atoms with Gasteiger partial charge in [0.25, 0.3) is 0 Å². The van der Waals surface area contributed by atoms with Crippen molar-refractivity contribution in [1.29, 1.82) is 0 Å². The number of aliphatic hydroxyl groups excluding tert-OH is 6. The molecule has 0 aromatic rings. The predicted molar refractivity (Wildman–Crippen MR) is 252 cm³/mol. The first kappa shape index (κ1) is 57.6. The van der Waals surface area contributed by atoms with Crippen molar-refractivity contribution in [2.24, 2.45) is 0 Å². The number of ether oxygens (including phenoxy) is 1. The van der Waals surface area contributed by atoms with Crippen LogP contribution < -0.4 is 5.32 Å². The monoisotopic (exact) mass is 874 g/mol. The molecule has 0 aliphatic carbocycles. The van der Waals surface area contributed by atoms with Crippen LogP contribution in [0.5, 0.6) is 0 Å². The first-order valence-corrected chi connectivity index (χ1v) is 26.9. The molecular weight excluding hydrogens is 775 g/mol. The van der Waals surface area contributed by atoms with Crippen molar-refractivity contribution in [3.63, 3.8) is 0 Å². The molecule has 7 N–H and O–H groups in total. The van der Waals surface area contributed by atoms with Crippen molar-refractivity contribution in [2.75, 3.05) is 12.4 Å². The van der Waals surface area contributed by atoms with Crippen LogP contribution in [0.25, 0.3) is 0 Å². The van der Waals surface area contributed by atoms with Gasteiger partial charge in [-0.2, -0.15) is 0 Å². The highest BCUT2D eigenvalue weighted by Crippen LogP contribution is 2.30. The third-order valence-electron chi connectivity index (χ3n) is 12.8. The zero-order valence-electron chi connectivity index (χ0n) is 39.1. The van der Waals surface area contributed by atoms with Crippen LogP contribution in [0, 0.1) is 0 Å². The van der Waals surface area contributed by atoms with Gasteiger partial charge in [0, 0.05) is 12.2 Å². The van der Waals surface area contributed by atoms with Crippen LogP contribution in [-0.4, -0.2) is 97.0 Å². The fourth-order valence-corrected chi connectivity index (χ4v) is 9.87. The molecule has 60 heavy (non-hydrogen) atoms. The van der Waals surface area contributed by atoms with E-state index in [9.17, 15) is 35.4 Å². The van der Waals surface area contributed by atoms with Crippen LogP contribution in [0.3, 0.4) is 0 Å². The molecule has 358 valence electrons. The minimum atomic E-state index is -1.50. The Labute approximate surface area is 373 Å². The minimum absolute atomic E-state index is 0.116. The van der Waals surface area contributed by atoms with E-state index in [0.717, 1.165) is 50.3 Å². The molecule has 0 radical (unpaired) electrons. The molecule has 1 saturated heterocycles. The average molecular weight is 874 g/mol. The molecule has 1 heterocycles. The van der Waals surface area contributed by atoms with Gasteiger partial charge >= 0.3 is 0 Å². The molecule has 1 aliphatic rings. The van der Waals surface area contributed by atoms with E-state index in [-0.39, 0.29) is 11.7 Å². The van der Waals surface area contributed by atoms with Gasteiger partial charge in [0.2, 0.25) is 5.91 Å². The molecule has 10 heteroatoms. The van der Waals surface area contributed by atoms with Crippen molar-refractivity contribution >= 4 is 17.7 Å². The summed E-state index contributed by atoms with van der Waals surface area (Å²) in [6, 6.07) is -0.799. The molecule has 0 spiro atoms. The Morgan fingerprint density at radius 2 is 0.867 bits per heavy atom. The third-order valence-corrected chi connectivity index (χ3v) is 14.1. The van der Waals surface area contributed by atoms with Crippen molar-refractivity contribution in [1.82, 2.24) is 5.32 Å². The van der Waals surface area contributed by atoms with Crippen molar-refractivity contribution in [3.05, 3.63) is 0 Å². The largest absolute Gasteiger partial charge is 0.394 e. The average Bonchev–Trinajstić information content (AvgIpc) is 3.25. The van der Waals surface area contributed by atoms with Gasteiger partial charge < -0.3 is 40.7 Å². The van der Waals surface area contributed by atoms with Crippen LogP contribution in [-0.2, 0) is 9.53 Å². The lowest BCUT2D eigenvalue weighted by atomic mass is 9.99. The SMILES string of the molecule is CCCCCCCCCCCCCCCCCCCCCCCCCC(=O)NC(CS[C@@H]1OC(CO)[C@H](O)C(O)C1O)C(O)C(O)CCCCCCCCCCCCCC. The number of unbranched alkanes of at least 4 members (excludes halogenated alkanes) is 33. The van der Waals surface area contributed by atoms with Gasteiger partial charge in [-0.05, 0) is 12.8 Å². The summed E-state index contributed by atoms with van der Waals surface area (Å²) < 4.78 is 5.65. The van der Waals surface area contributed by atoms with Crippen LogP contribution >= 0.6 is 11.8 Å². The van der Waals surface area contributed by atoms with E-state index in [1.54, 1.807) is 0 Å². The van der Waals surface area contributed by atoms with Crippen molar-refractivity contribution in [2.45, 2.75) is 300 Å². The summed E-state index contributed by atoms with van der Waals surface area (Å²) >= 11 is 1.09. The van der Waals surface area contributed by atoms with Gasteiger partial charge in [-0.3, -0.25) is 4.79 Å². The molecule has 1 aliphatic heterocycles. The molecule has 1 fully saturated rings. The van der Waals surface area contributed by atoms with E-state index in [4.69, 9.17) is 4.74 Å². The lowest BCUT2D eigenvalue weighted by molar-refractivity contribution is -0.205. The second kappa shape index (κ2) is 41.3. The second-order valence-corrected chi connectivity index (χ2v) is 19.6. The van der Waals surface area contributed by atoms with Gasteiger partial charge in [0.05, 0.1) is 18.8 Å². The summed E-state index contributed by atoms with van der Waals surface area (Å²) in [6.45, 7) is 4.00. The highest BCUT2D eigenvalue weighted by Gasteiger charge is 2.44. The predicted octanol–water partition coefficient (Wildman–Crippen LogP) is 11.2. The summed E-state index contributed by atoms with van der Waals surface area (Å²) in [4.78, 5) is 13.1. The number of thioether (sulfide) groups is 1. The summed E-state index contributed by atoms with van der Waals surface area (Å²) in [6.07, 6.45) is 38.0. The van der Waals surface area contributed by atoms with Crippen molar-refractivity contribution in [3.8, 4) is 0 Å². The van der Waals surface area contributed by atoms with Gasteiger partial charge in [-0.1, -0.05) is 232 Å². The molecule has 6 unspecified atom stereocenters. The van der Waals surface area contributed by atoms with E-state index >= 15 is 0 Å². The number of nitrogens with one attached hydrogen (secondary N) is 1. The van der Waals surface area contributed by atoms with Crippen molar-refractivity contribution < 1.29 is 40.2 Å². The molecule has 9 nitrogen and oxygen atoms in total. The lowest BCUT2D eigenvalue weighted by Crippen LogP contribution is -2.58. The van der Waals surface area contributed by atoms with E-state index in [1.807, 2.05) is 0 Å². The topological polar surface area (TPSA) is 160 Å². The molecule has 0 aromatic carbocycles. The molecule has 8 atom stereocenters. The maximum atomic E-state index is 13.1. The number of carbonyl (C=O) groups is 1. The fraction of sp³-hybridized carbons (Fsp3) is 0.980. The number of carbonyl (C=O) groups excluding carboxylic acids is 1. The number of hydrogen-bond donors (Lipinski definition) is 7. The van der Waals surface area contributed by atoms with Gasteiger partial charge in [-0.25, -0.2) is 0 Å². The van der Waals surface area contributed by atoms with E-state index in [1.165, 1.54) is 186 Å². The van der Waals surface area contributed by atoms with Crippen LogP contribution in [0.15, 0.2) is 0 Å². The van der Waals surface area contributed by atoms with Crippen LogP contribution in [0.2, 0.25) is 0 Å². The number of hydrogen-bond acceptors (Lipinski definition) is 9. The highest BCUT2D eigenvalue weighted by molar-refractivity contribution is 7.99. The quantitative estimate of drug-likeness (QED) is 0.0296. The van der Waals surface area contributed by atoms with Crippen LogP contribution in [0.1, 0.15) is 251 Å². The number of aliphatic hydroxyl groups is 6. The zero-order chi connectivity index (χ0) is 43.9. The maximum absolute atomic E-state index is 13.1. The molecular formula is C50H99NO8S. The summed E-state index contributed by atoms with van der Waals surface area (Å²) in [5.74, 6) is -0.0701. The van der Waals surface area contributed by atoms with Gasteiger partial charge in [0.1, 0.15) is 36.0 Å². The zero-order valence-corrected chi connectivity index (χ0v) is 39.9. The van der Waals surface area contributed by atoms with E-state index in [2.05, 4.69) is 19.2 Å². The molecule has 1 amide bonds. The maximum Gasteiger partial charge on any atom is 0.220 e. The Bertz CT molecular complexity index is 931. The van der Waals surface area contributed by atoms with Crippen LogP contribution in [0.4, 0.5) is 0 Å². The Morgan fingerprint density at radius 3 is 1.23 bits per heavy atom. The molecule has 1 rings (SSSR count). The second-order valence-electron chi connectivity index (χ2n) is 18.5. The fourth-order valence-electron chi connectivity index (χ4n) is 8.61. The standard InChI is InChI=1S/C50H99NO8S/c1-3-5-7-9-11-13-15-17-18-19-20-21-22-23-24-25-26-27-29-31-33-35-37-39-45(54)51-42(41-60-50-49(58)48(57)47(56)44(40-52)59-50)46(55)43(53)38-36-34-32-30-28-16-14-12-10-8-6-4-2/h42-44,46-50,52-53,55-58H,3-41H2,1-2H3,(H,51,54)/t42?,43?,44?,46?,47-,48?,49?,50-/m0/s1. The smallest absolute Gasteiger partial charge is 0.220 e. The lowest BCUT2D eigenvalue weighted by Gasteiger charge is -2.40. The van der Waals surface area contributed by atoms with E-state index in [0.29, 0.717) is 12.8 Å². The Hall–Kier alpha value is -0.460. The Morgan fingerprint density at radius 1 is 0.517 bits per heavy atom. The summed E-state index contributed by atoms with van der Waals surface area (Å²) in [5.41, 5.74) is -0.982. The molecule has 0 saturated carbocycles.